The van der Waals surface area contributed by atoms with Crippen LogP contribution in [0.15, 0.2) is 22.7 Å². The lowest BCUT2D eigenvalue weighted by atomic mass is 10.4. The molecule has 66 valence electrons. The second-order valence-corrected chi connectivity index (χ2v) is 10.2. The number of benzene rings is 1. The maximum Gasteiger partial charge on any atom is 0.0791 e. The van der Waals surface area contributed by atoms with E-state index in [-0.39, 0.29) is 0 Å². The van der Waals surface area contributed by atoms with E-state index in [0.717, 1.165) is 5.02 Å². The minimum Gasteiger partial charge on any atom is -0.0843 e. The van der Waals surface area contributed by atoms with Crippen LogP contribution < -0.4 is 5.19 Å². The van der Waals surface area contributed by atoms with E-state index in [1.807, 2.05) is 12.1 Å². The topological polar surface area (TPSA) is 0 Å². The van der Waals surface area contributed by atoms with Gasteiger partial charge in [-0.2, -0.15) is 0 Å². The van der Waals surface area contributed by atoms with E-state index < -0.39 is 8.07 Å². The molecule has 0 N–H and O–H groups in total. The molecule has 0 bridgehead atoms. The van der Waals surface area contributed by atoms with Gasteiger partial charge in [-0.3, -0.25) is 0 Å². The molecule has 0 nitrogen and oxygen atoms in total. The summed E-state index contributed by atoms with van der Waals surface area (Å²) in [5.41, 5.74) is 0. The average molecular weight is 264 g/mol. The van der Waals surface area contributed by atoms with Gasteiger partial charge in [-0.15, -0.1) is 0 Å². The number of hydrogen-bond acceptors (Lipinski definition) is 0. The van der Waals surface area contributed by atoms with Gasteiger partial charge in [-0.25, -0.2) is 0 Å². The quantitative estimate of drug-likeness (QED) is 0.679. The molecule has 1 rings (SSSR count). The fourth-order valence-electron chi connectivity index (χ4n) is 1.07. The standard InChI is InChI=1S/C9H12BrClSi/c1-12(2,3)9-6-7(11)4-5-8(9)10/h4-6H,1-3H3. The predicted molar refractivity (Wildman–Crippen MR) is 62.1 cm³/mol. The molecule has 1 aromatic carbocycles. The highest BCUT2D eigenvalue weighted by Crippen LogP contribution is 2.17. The summed E-state index contributed by atoms with van der Waals surface area (Å²) in [6.07, 6.45) is 0. The molecule has 0 aliphatic rings. The highest BCUT2D eigenvalue weighted by molar-refractivity contribution is 9.10. The Bertz CT molecular complexity index is 291. The van der Waals surface area contributed by atoms with E-state index in [1.54, 1.807) is 0 Å². The van der Waals surface area contributed by atoms with E-state index in [1.165, 1.54) is 9.66 Å². The molecule has 0 amide bonds. The summed E-state index contributed by atoms with van der Waals surface area (Å²) in [6.45, 7) is 6.93. The van der Waals surface area contributed by atoms with Gasteiger partial charge in [-0.1, -0.05) is 47.2 Å². The molecule has 0 saturated carbocycles. The van der Waals surface area contributed by atoms with Crippen molar-refractivity contribution in [2.45, 2.75) is 19.6 Å². The Morgan fingerprint density at radius 3 is 2.25 bits per heavy atom. The Morgan fingerprint density at radius 1 is 1.25 bits per heavy atom. The highest BCUT2D eigenvalue weighted by Gasteiger charge is 2.19. The van der Waals surface area contributed by atoms with Crippen LogP contribution in [0.3, 0.4) is 0 Å². The molecule has 0 aromatic heterocycles. The Hall–Kier alpha value is 0.207. The van der Waals surface area contributed by atoms with Crippen LogP contribution >= 0.6 is 27.5 Å². The molecular weight excluding hydrogens is 252 g/mol. The third kappa shape index (κ3) is 2.35. The minimum atomic E-state index is -1.24. The van der Waals surface area contributed by atoms with Gasteiger partial charge in [0.25, 0.3) is 0 Å². The zero-order chi connectivity index (χ0) is 9.35. The first kappa shape index (κ1) is 10.3. The zero-order valence-electron chi connectivity index (χ0n) is 7.49. The summed E-state index contributed by atoms with van der Waals surface area (Å²) in [6, 6.07) is 6.00. The molecule has 0 fully saturated rings. The Kier molecular flexibility index (Phi) is 3.02. The molecule has 0 unspecified atom stereocenters. The first-order chi connectivity index (χ1) is 5.41. The molecule has 0 radical (unpaired) electrons. The monoisotopic (exact) mass is 262 g/mol. The van der Waals surface area contributed by atoms with Crippen molar-refractivity contribution >= 4 is 40.8 Å². The SMILES string of the molecule is C[Si](C)(C)c1cc(Cl)ccc1Br. The van der Waals surface area contributed by atoms with Crippen LogP contribution in [0, 0.1) is 0 Å². The molecule has 0 saturated heterocycles. The fraction of sp³-hybridized carbons (Fsp3) is 0.333. The second kappa shape index (κ2) is 3.52. The van der Waals surface area contributed by atoms with Crippen molar-refractivity contribution in [3.05, 3.63) is 27.7 Å². The average Bonchev–Trinajstić information content (AvgIpc) is 1.92. The lowest BCUT2D eigenvalue weighted by Gasteiger charge is -2.18. The summed E-state index contributed by atoms with van der Waals surface area (Å²) in [7, 11) is -1.24. The molecule has 0 atom stereocenters. The smallest absolute Gasteiger partial charge is 0.0791 e. The van der Waals surface area contributed by atoms with E-state index in [4.69, 9.17) is 11.6 Å². The van der Waals surface area contributed by atoms with Gasteiger partial charge in [0.2, 0.25) is 0 Å². The second-order valence-electron chi connectivity index (χ2n) is 3.87. The molecule has 12 heavy (non-hydrogen) atoms. The van der Waals surface area contributed by atoms with Crippen molar-refractivity contribution in [1.29, 1.82) is 0 Å². The molecular formula is C9H12BrClSi. The molecule has 0 spiro atoms. The Labute approximate surface area is 88.1 Å². The van der Waals surface area contributed by atoms with Crippen LogP contribution in [0.2, 0.25) is 24.7 Å². The van der Waals surface area contributed by atoms with Crippen molar-refractivity contribution in [3.63, 3.8) is 0 Å². The number of rotatable bonds is 1. The summed E-state index contributed by atoms with van der Waals surface area (Å²) in [5, 5.41) is 2.21. The Balaban J connectivity index is 3.23. The molecule has 0 heterocycles. The third-order valence-corrected chi connectivity index (χ3v) is 5.06. The minimum absolute atomic E-state index is 0.829. The van der Waals surface area contributed by atoms with Crippen molar-refractivity contribution in [1.82, 2.24) is 0 Å². The Morgan fingerprint density at radius 2 is 1.83 bits per heavy atom. The highest BCUT2D eigenvalue weighted by atomic mass is 79.9. The first-order valence-electron chi connectivity index (χ1n) is 3.87. The number of hydrogen-bond donors (Lipinski definition) is 0. The fourth-order valence-corrected chi connectivity index (χ4v) is 4.76. The maximum absolute atomic E-state index is 5.92. The summed E-state index contributed by atoms with van der Waals surface area (Å²) in [4.78, 5) is 0. The van der Waals surface area contributed by atoms with E-state index in [9.17, 15) is 0 Å². The van der Waals surface area contributed by atoms with Crippen molar-refractivity contribution in [3.8, 4) is 0 Å². The van der Waals surface area contributed by atoms with Gasteiger partial charge in [0.05, 0.1) is 8.07 Å². The predicted octanol–water partition coefficient (Wildman–Crippen LogP) is 3.65. The van der Waals surface area contributed by atoms with Crippen molar-refractivity contribution in [2.75, 3.05) is 0 Å². The van der Waals surface area contributed by atoms with E-state index in [2.05, 4.69) is 41.6 Å². The van der Waals surface area contributed by atoms with Crippen molar-refractivity contribution < 1.29 is 0 Å². The zero-order valence-corrected chi connectivity index (χ0v) is 10.8. The largest absolute Gasteiger partial charge is 0.0843 e. The van der Waals surface area contributed by atoms with Crippen LogP contribution in [0.25, 0.3) is 0 Å². The van der Waals surface area contributed by atoms with E-state index in [0.29, 0.717) is 0 Å². The summed E-state index contributed by atoms with van der Waals surface area (Å²) >= 11 is 9.47. The van der Waals surface area contributed by atoms with Crippen LogP contribution in [-0.4, -0.2) is 8.07 Å². The molecule has 1 aromatic rings. The van der Waals surface area contributed by atoms with Crippen LogP contribution in [0.1, 0.15) is 0 Å². The molecule has 0 aliphatic heterocycles. The van der Waals surface area contributed by atoms with Crippen LogP contribution in [0.5, 0.6) is 0 Å². The molecule has 0 aliphatic carbocycles. The molecule has 3 heteroatoms. The van der Waals surface area contributed by atoms with Gasteiger partial charge in [0.15, 0.2) is 0 Å². The van der Waals surface area contributed by atoms with Gasteiger partial charge in [-0.05, 0) is 23.4 Å². The summed E-state index contributed by atoms with van der Waals surface area (Å²) < 4.78 is 1.19. The van der Waals surface area contributed by atoms with Gasteiger partial charge >= 0.3 is 0 Å². The van der Waals surface area contributed by atoms with E-state index >= 15 is 0 Å². The maximum atomic E-state index is 5.92. The van der Waals surface area contributed by atoms with Gasteiger partial charge in [0, 0.05) is 9.50 Å². The van der Waals surface area contributed by atoms with Crippen molar-refractivity contribution in [2.24, 2.45) is 0 Å². The third-order valence-electron chi connectivity index (χ3n) is 1.74. The van der Waals surface area contributed by atoms with Gasteiger partial charge in [0.1, 0.15) is 0 Å². The lowest BCUT2D eigenvalue weighted by molar-refractivity contribution is 1.64. The van der Waals surface area contributed by atoms with Gasteiger partial charge < -0.3 is 0 Å². The first-order valence-corrected chi connectivity index (χ1v) is 8.54. The van der Waals surface area contributed by atoms with Crippen LogP contribution in [0.4, 0.5) is 0 Å². The lowest BCUT2D eigenvalue weighted by Crippen LogP contribution is -2.38. The van der Waals surface area contributed by atoms with Crippen LogP contribution in [-0.2, 0) is 0 Å². The summed E-state index contributed by atoms with van der Waals surface area (Å²) in [5.74, 6) is 0. The normalized spacial score (nSPS) is 11.8. The number of halogens is 2.